The van der Waals surface area contributed by atoms with Crippen LogP contribution in [0.2, 0.25) is 0 Å². The van der Waals surface area contributed by atoms with Crippen LogP contribution in [0, 0.1) is 17.3 Å². The SMILES string of the molecule is CCC[C@H](CO)C(=O)N1CC2(CC(Cc3cccc(C(C)(C)C)n3)C2)C1. The van der Waals surface area contributed by atoms with Gasteiger partial charge in [-0.2, -0.15) is 0 Å². The van der Waals surface area contributed by atoms with Gasteiger partial charge in [-0.05, 0) is 43.7 Å². The minimum absolute atomic E-state index is 0.0193. The van der Waals surface area contributed by atoms with Gasteiger partial charge in [-0.25, -0.2) is 0 Å². The van der Waals surface area contributed by atoms with E-state index >= 15 is 0 Å². The zero-order valence-electron chi connectivity index (χ0n) is 16.8. The smallest absolute Gasteiger partial charge is 0.228 e. The van der Waals surface area contributed by atoms with Crippen molar-refractivity contribution in [3.05, 3.63) is 29.6 Å². The van der Waals surface area contributed by atoms with Gasteiger partial charge in [0.05, 0.1) is 12.5 Å². The van der Waals surface area contributed by atoms with Crippen molar-refractivity contribution in [2.24, 2.45) is 17.3 Å². The van der Waals surface area contributed by atoms with E-state index < -0.39 is 0 Å². The van der Waals surface area contributed by atoms with E-state index in [4.69, 9.17) is 4.98 Å². The van der Waals surface area contributed by atoms with Gasteiger partial charge in [-0.1, -0.05) is 40.2 Å². The molecule has 3 rings (SSSR count). The number of rotatable bonds is 6. The second-order valence-electron chi connectivity index (χ2n) is 9.61. The fraction of sp³-hybridized carbons (Fsp3) is 0.727. The fourth-order valence-electron chi connectivity index (χ4n) is 4.69. The lowest BCUT2D eigenvalue weighted by Gasteiger charge is -2.59. The van der Waals surface area contributed by atoms with E-state index in [-0.39, 0.29) is 23.8 Å². The number of nitrogens with zero attached hydrogens (tertiary/aromatic N) is 2. The molecule has 4 heteroatoms. The predicted molar refractivity (Wildman–Crippen MR) is 104 cm³/mol. The summed E-state index contributed by atoms with van der Waals surface area (Å²) in [5, 5.41) is 9.43. The maximum Gasteiger partial charge on any atom is 0.228 e. The highest BCUT2D eigenvalue weighted by atomic mass is 16.3. The number of likely N-dealkylation sites (tertiary alicyclic amines) is 1. The molecule has 1 N–H and O–H groups in total. The zero-order chi connectivity index (χ0) is 18.9. The monoisotopic (exact) mass is 358 g/mol. The third-order valence-corrected chi connectivity index (χ3v) is 6.09. The van der Waals surface area contributed by atoms with Gasteiger partial charge in [0.1, 0.15) is 0 Å². The van der Waals surface area contributed by atoms with Crippen molar-refractivity contribution >= 4 is 5.91 Å². The van der Waals surface area contributed by atoms with Gasteiger partial charge in [0.2, 0.25) is 5.91 Å². The number of hydrogen-bond donors (Lipinski definition) is 1. The van der Waals surface area contributed by atoms with Gasteiger partial charge < -0.3 is 10.0 Å². The van der Waals surface area contributed by atoms with Gasteiger partial charge in [0.25, 0.3) is 0 Å². The molecule has 2 heterocycles. The summed E-state index contributed by atoms with van der Waals surface area (Å²) in [6.45, 7) is 10.4. The molecule has 1 amide bonds. The molecular formula is C22H34N2O2. The lowest BCUT2D eigenvalue weighted by molar-refractivity contribution is -0.160. The minimum Gasteiger partial charge on any atom is -0.396 e. The summed E-state index contributed by atoms with van der Waals surface area (Å²) >= 11 is 0. The third kappa shape index (κ3) is 3.95. The molecular weight excluding hydrogens is 324 g/mol. The fourth-order valence-corrected chi connectivity index (χ4v) is 4.69. The Kier molecular flexibility index (Phi) is 5.43. The van der Waals surface area contributed by atoms with E-state index in [2.05, 4.69) is 45.9 Å². The summed E-state index contributed by atoms with van der Waals surface area (Å²) in [5.41, 5.74) is 2.81. The van der Waals surface area contributed by atoms with E-state index in [1.165, 1.54) is 18.5 Å². The molecule has 144 valence electrons. The van der Waals surface area contributed by atoms with Crippen LogP contribution in [0.25, 0.3) is 0 Å². The van der Waals surface area contributed by atoms with Gasteiger partial charge in [-0.3, -0.25) is 9.78 Å². The Morgan fingerprint density at radius 3 is 2.62 bits per heavy atom. The van der Waals surface area contributed by atoms with Crippen LogP contribution < -0.4 is 0 Å². The number of carbonyl (C=O) groups excluding carboxylic acids is 1. The number of aliphatic hydroxyl groups is 1. The summed E-state index contributed by atoms with van der Waals surface area (Å²) in [5.74, 6) is 0.653. The zero-order valence-corrected chi connectivity index (χ0v) is 16.8. The van der Waals surface area contributed by atoms with Crippen LogP contribution in [0.1, 0.15) is 64.8 Å². The number of aliphatic hydroxyl groups excluding tert-OH is 1. The molecule has 2 fully saturated rings. The molecule has 0 aromatic carbocycles. The van der Waals surface area contributed by atoms with Crippen LogP contribution in [0.4, 0.5) is 0 Å². The van der Waals surface area contributed by atoms with Crippen LogP contribution in [-0.2, 0) is 16.6 Å². The van der Waals surface area contributed by atoms with Gasteiger partial charge in [-0.15, -0.1) is 0 Å². The standard InChI is InChI=1S/C22H34N2O2/c1-5-7-17(13-25)20(26)24-14-22(15-24)11-16(12-22)10-18-8-6-9-19(23-18)21(2,3)4/h6,8-9,16-17,25H,5,7,10-15H2,1-4H3/t17-/m1/s1. The van der Waals surface area contributed by atoms with Crippen molar-refractivity contribution in [3.63, 3.8) is 0 Å². The topological polar surface area (TPSA) is 53.4 Å². The molecule has 1 aromatic rings. The molecule has 0 bridgehead atoms. The molecule has 2 aliphatic rings. The van der Waals surface area contributed by atoms with E-state index in [9.17, 15) is 9.90 Å². The van der Waals surface area contributed by atoms with Crippen molar-refractivity contribution in [2.45, 2.75) is 65.2 Å². The third-order valence-electron chi connectivity index (χ3n) is 6.09. The Bertz CT molecular complexity index is 636. The normalized spacial score (nSPS) is 20.6. The van der Waals surface area contributed by atoms with Crippen molar-refractivity contribution in [1.29, 1.82) is 0 Å². The number of carbonyl (C=O) groups is 1. The molecule has 1 saturated carbocycles. The van der Waals surface area contributed by atoms with Crippen LogP contribution in [0.15, 0.2) is 18.2 Å². The molecule has 1 aliphatic heterocycles. The number of amides is 1. The molecule has 4 nitrogen and oxygen atoms in total. The first kappa shape index (κ1) is 19.3. The van der Waals surface area contributed by atoms with E-state index in [0.29, 0.717) is 11.3 Å². The first-order chi connectivity index (χ1) is 12.3. The van der Waals surface area contributed by atoms with Crippen molar-refractivity contribution < 1.29 is 9.90 Å². The van der Waals surface area contributed by atoms with Gasteiger partial charge >= 0.3 is 0 Å². The summed E-state index contributed by atoms with van der Waals surface area (Å²) in [6, 6.07) is 6.40. The summed E-state index contributed by atoms with van der Waals surface area (Å²) in [4.78, 5) is 19.3. The average molecular weight is 359 g/mol. The Balaban J connectivity index is 1.48. The first-order valence-corrected chi connectivity index (χ1v) is 10.1. The Morgan fingerprint density at radius 2 is 2.04 bits per heavy atom. The van der Waals surface area contributed by atoms with Crippen molar-refractivity contribution in [3.8, 4) is 0 Å². The molecule has 1 saturated heterocycles. The lowest BCUT2D eigenvalue weighted by Crippen LogP contribution is -2.65. The van der Waals surface area contributed by atoms with Crippen LogP contribution >= 0.6 is 0 Å². The Morgan fingerprint density at radius 1 is 1.35 bits per heavy atom. The number of hydrogen-bond acceptors (Lipinski definition) is 3. The van der Waals surface area contributed by atoms with Crippen LogP contribution in [-0.4, -0.2) is 40.6 Å². The average Bonchev–Trinajstić information content (AvgIpc) is 2.52. The summed E-state index contributed by atoms with van der Waals surface area (Å²) in [7, 11) is 0. The maximum atomic E-state index is 12.4. The summed E-state index contributed by atoms with van der Waals surface area (Å²) in [6.07, 6.45) is 5.19. The highest BCUT2D eigenvalue weighted by Gasteiger charge is 2.53. The molecule has 1 aromatic heterocycles. The minimum atomic E-state index is -0.197. The lowest BCUT2D eigenvalue weighted by atomic mass is 9.56. The predicted octanol–water partition coefficient (Wildman–Crippen LogP) is 3.57. The summed E-state index contributed by atoms with van der Waals surface area (Å²) < 4.78 is 0. The number of aromatic nitrogens is 1. The van der Waals surface area contributed by atoms with E-state index in [1.54, 1.807) is 0 Å². The van der Waals surface area contributed by atoms with E-state index in [1.807, 2.05) is 4.90 Å². The van der Waals surface area contributed by atoms with Gasteiger partial charge in [0, 0.05) is 35.3 Å². The van der Waals surface area contributed by atoms with Crippen LogP contribution in [0.3, 0.4) is 0 Å². The highest BCUT2D eigenvalue weighted by Crippen LogP contribution is 2.53. The molecule has 0 radical (unpaired) electrons. The van der Waals surface area contributed by atoms with Crippen molar-refractivity contribution in [1.82, 2.24) is 9.88 Å². The number of pyridine rings is 1. The molecule has 1 atom stereocenters. The molecule has 1 aliphatic carbocycles. The van der Waals surface area contributed by atoms with E-state index in [0.717, 1.165) is 38.0 Å². The molecule has 26 heavy (non-hydrogen) atoms. The van der Waals surface area contributed by atoms with Crippen molar-refractivity contribution in [2.75, 3.05) is 19.7 Å². The molecule has 0 unspecified atom stereocenters. The Labute approximate surface area is 158 Å². The second kappa shape index (κ2) is 7.30. The highest BCUT2D eigenvalue weighted by molar-refractivity contribution is 5.80. The second-order valence-corrected chi connectivity index (χ2v) is 9.61. The van der Waals surface area contributed by atoms with Crippen LogP contribution in [0.5, 0.6) is 0 Å². The van der Waals surface area contributed by atoms with Gasteiger partial charge in [0.15, 0.2) is 0 Å². The quantitative estimate of drug-likeness (QED) is 0.846. The maximum absolute atomic E-state index is 12.4. The first-order valence-electron chi connectivity index (χ1n) is 10.1. The Hall–Kier alpha value is -1.42. The largest absolute Gasteiger partial charge is 0.396 e. The molecule has 1 spiro atoms.